The number of aromatic nitrogens is 2. The molecule has 2 rings (SSSR count). The van der Waals surface area contributed by atoms with E-state index in [4.69, 9.17) is 4.74 Å². The third-order valence-electron chi connectivity index (χ3n) is 2.35. The maximum absolute atomic E-state index is 5.73. The van der Waals surface area contributed by atoms with Crippen molar-refractivity contribution in [2.45, 2.75) is 27.4 Å². The molecule has 0 saturated heterocycles. The van der Waals surface area contributed by atoms with Gasteiger partial charge in [-0.1, -0.05) is 17.4 Å². The minimum absolute atomic E-state index is 0.464. The van der Waals surface area contributed by atoms with Crippen molar-refractivity contribution in [3.8, 4) is 5.75 Å². The Morgan fingerprint density at radius 1 is 1.17 bits per heavy atom. The molecule has 2 aromatic rings. The first kappa shape index (κ1) is 12.8. The molecule has 0 amide bonds. The summed E-state index contributed by atoms with van der Waals surface area (Å²) in [6.45, 7) is 7.48. The summed E-state index contributed by atoms with van der Waals surface area (Å²) in [4.78, 5) is 0. The van der Waals surface area contributed by atoms with Crippen molar-refractivity contribution in [3.05, 3.63) is 34.3 Å². The minimum Gasteiger partial charge on any atom is -0.486 e. The fourth-order valence-corrected chi connectivity index (χ4v) is 2.42. The van der Waals surface area contributed by atoms with E-state index in [0.29, 0.717) is 6.61 Å². The van der Waals surface area contributed by atoms with Crippen LogP contribution in [0.2, 0.25) is 0 Å². The van der Waals surface area contributed by atoms with E-state index in [9.17, 15) is 0 Å². The summed E-state index contributed by atoms with van der Waals surface area (Å²) in [5.41, 5.74) is 2.41. The summed E-state index contributed by atoms with van der Waals surface area (Å²) in [5.74, 6) is 0.882. The van der Waals surface area contributed by atoms with Gasteiger partial charge < -0.3 is 10.1 Å². The highest BCUT2D eigenvalue weighted by Crippen LogP contribution is 2.20. The third-order valence-corrected chi connectivity index (χ3v) is 3.21. The van der Waals surface area contributed by atoms with Crippen LogP contribution >= 0.6 is 11.3 Å². The molecule has 0 unspecified atom stereocenters. The molecule has 96 valence electrons. The zero-order valence-corrected chi connectivity index (χ0v) is 11.7. The SMILES string of the molecule is CCNc1nnc(COc2cc(C)cc(C)c2)s1. The number of rotatable bonds is 5. The van der Waals surface area contributed by atoms with Gasteiger partial charge in [0.05, 0.1) is 0 Å². The van der Waals surface area contributed by atoms with Crippen LogP contribution in [-0.4, -0.2) is 16.7 Å². The van der Waals surface area contributed by atoms with Crippen molar-refractivity contribution in [2.75, 3.05) is 11.9 Å². The average molecular weight is 263 g/mol. The predicted octanol–water partition coefficient (Wildman–Crippen LogP) is 3.17. The Morgan fingerprint density at radius 2 is 1.89 bits per heavy atom. The van der Waals surface area contributed by atoms with Crippen molar-refractivity contribution in [2.24, 2.45) is 0 Å². The van der Waals surface area contributed by atoms with Gasteiger partial charge in [0.25, 0.3) is 0 Å². The first-order valence-electron chi connectivity index (χ1n) is 5.94. The van der Waals surface area contributed by atoms with Crippen LogP contribution in [0.5, 0.6) is 5.75 Å². The molecule has 1 heterocycles. The lowest BCUT2D eigenvalue weighted by Gasteiger charge is -2.06. The average Bonchev–Trinajstić information content (AvgIpc) is 2.74. The summed E-state index contributed by atoms with van der Waals surface area (Å²) in [6.07, 6.45) is 0. The second-order valence-corrected chi connectivity index (χ2v) is 5.21. The Hall–Kier alpha value is -1.62. The summed E-state index contributed by atoms with van der Waals surface area (Å²) in [5, 5.41) is 13.0. The smallest absolute Gasteiger partial charge is 0.205 e. The standard InChI is InChI=1S/C13H17N3OS/c1-4-14-13-16-15-12(18-13)8-17-11-6-9(2)5-10(3)7-11/h5-7H,4,8H2,1-3H3,(H,14,16). The van der Waals surface area contributed by atoms with Gasteiger partial charge in [-0.15, -0.1) is 10.2 Å². The highest BCUT2D eigenvalue weighted by atomic mass is 32.1. The molecule has 0 saturated carbocycles. The van der Waals surface area contributed by atoms with E-state index in [1.165, 1.54) is 22.5 Å². The molecule has 0 aliphatic heterocycles. The Balaban J connectivity index is 1.97. The number of hydrogen-bond donors (Lipinski definition) is 1. The second kappa shape index (κ2) is 5.82. The van der Waals surface area contributed by atoms with Crippen LogP contribution in [0.1, 0.15) is 23.1 Å². The van der Waals surface area contributed by atoms with Crippen LogP contribution < -0.4 is 10.1 Å². The molecule has 0 aliphatic rings. The van der Waals surface area contributed by atoms with E-state index in [-0.39, 0.29) is 0 Å². The highest BCUT2D eigenvalue weighted by molar-refractivity contribution is 7.15. The van der Waals surface area contributed by atoms with Gasteiger partial charge in [-0.3, -0.25) is 0 Å². The van der Waals surface area contributed by atoms with Crippen molar-refractivity contribution in [1.82, 2.24) is 10.2 Å². The van der Waals surface area contributed by atoms with Gasteiger partial charge in [-0.25, -0.2) is 0 Å². The topological polar surface area (TPSA) is 47.0 Å². The molecule has 0 atom stereocenters. The van der Waals surface area contributed by atoms with Crippen molar-refractivity contribution < 1.29 is 4.74 Å². The van der Waals surface area contributed by atoms with E-state index in [2.05, 4.69) is 35.4 Å². The second-order valence-electron chi connectivity index (χ2n) is 4.14. The van der Waals surface area contributed by atoms with E-state index in [1.54, 1.807) is 0 Å². The number of nitrogens with zero attached hydrogens (tertiary/aromatic N) is 2. The Labute approximate surface area is 111 Å². The highest BCUT2D eigenvalue weighted by Gasteiger charge is 2.04. The number of aryl methyl sites for hydroxylation is 2. The number of benzene rings is 1. The fourth-order valence-electron chi connectivity index (χ4n) is 1.70. The molecule has 0 spiro atoms. The molecule has 0 fully saturated rings. The largest absolute Gasteiger partial charge is 0.486 e. The first-order chi connectivity index (χ1) is 8.67. The maximum Gasteiger partial charge on any atom is 0.205 e. The van der Waals surface area contributed by atoms with Crippen molar-refractivity contribution in [1.29, 1.82) is 0 Å². The molecule has 0 radical (unpaired) electrons. The predicted molar refractivity (Wildman–Crippen MR) is 74.3 cm³/mol. The quantitative estimate of drug-likeness (QED) is 0.900. The summed E-state index contributed by atoms with van der Waals surface area (Å²) in [6, 6.07) is 6.18. The molecule has 4 nitrogen and oxygen atoms in total. The molecular weight excluding hydrogens is 246 g/mol. The summed E-state index contributed by atoms with van der Waals surface area (Å²) in [7, 11) is 0. The lowest BCUT2D eigenvalue weighted by molar-refractivity contribution is 0.304. The molecule has 0 aliphatic carbocycles. The molecule has 1 N–H and O–H groups in total. The lowest BCUT2D eigenvalue weighted by Crippen LogP contribution is -1.95. The number of ether oxygens (including phenoxy) is 1. The van der Waals surface area contributed by atoms with Gasteiger partial charge in [0.2, 0.25) is 5.13 Å². The van der Waals surface area contributed by atoms with Crippen LogP contribution in [0.25, 0.3) is 0 Å². The number of hydrogen-bond acceptors (Lipinski definition) is 5. The molecule has 5 heteroatoms. The summed E-state index contributed by atoms with van der Waals surface area (Å²) < 4.78 is 5.73. The van der Waals surface area contributed by atoms with Gasteiger partial charge in [0, 0.05) is 6.54 Å². The normalized spacial score (nSPS) is 10.4. The molecule has 1 aromatic carbocycles. The number of anilines is 1. The van der Waals surface area contributed by atoms with Crippen LogP contribution in [0.15, 0.2) is 18.2 Å². The molecule has 1 aromatic heterocycles. The van der Waals surface area contributed by atoms with Gasteiger partial charge in [-0.05, 0) is 44.0 Å². The van der Waals surface area contributed by atoms with Gasteiger partial charge in [-0.2, -0.15) is 0 Å². The van der Waals surface area contributed by atoms with E-state index in [1.807, 2.05) is 19.1 Å². The van der Waals surface area contributed by atoms with E-state index >= 15 is 0 Å². The number of nitrogens with one attached hydrogen (secondary N) is 1. The monoisotopic (exact) mass is 263 g/mol. The Morgan fingerprint density at radius 3 is 2.56 bits per heavy atom. The fraction of sp³-hybridized carbons (Fsp3) is 0.385. The molecule has 0 bridgehead atoms. The van der Waals surface area contributed by atoms with Crippen molar-refractivity contribution in [3.63, 3.8) is 0 Å². The zero-order valence-electron chi connectivity index (χ0n) is 10.9. The minimum atomic E-state index is 0.464. The maximum atomic E-state index is 5.73. The van der Waals surface area contributed by atoms with Gasteiger partial charge in [0.15, 0.2) is 5.01 Å². The zero-order chi connectivity index (χ0) is 13.0. The Bertz CT molecular complexity index is 504. The Kier molecular flexibility index (Phi) is 4.15. The van der Waals surface area contributed by atoms with Gasteiger partial charge >= 0.3 is 0 Å². The molecular formula is C13H17N3OS. The van der Waals surface area contributed by atoms with E-state index in [0.717, 1.165) is 22.4 Å². The molecule has 18 heavy (non-hydrogen) atoms. The van der Waals surface area contributed by atoms with Crippen LogP contribution in [0, 0.1) is 13.8 Å². The first-order valence-corrected chi connectivity index (χ1v) is 6.76. The third kappa shape index (κ3) is 3.43. The van der Waals surface area contributed by atoms with Crippen LogP contribution in [0.3, 0.4) is 0 Å². The van der Waals surface area contributed by atoms with Crippen molar-refractivity contribution >= 4 is 16.5 Å². The summed E-state index contributed by atoms with van der Waals surface area (Å²) >= 11 is 1.53. The van der Waals surface area contributed by atoms with Gasteiger partial charge in [0.1, 0.15) is 12.4 Å². The van der Waals surface area contributed by atoms with E-state index < -0.39 is 0 Å². The van der Waals surface area contributed by atoms with Crippen LogP contribution in [-0.2, 0) is 6.61 Å². The van der Waals surface area contributed by atoms with Crippen LogP contribution in [0.4, 0.5) is 5.13 Å². The lowest BCUT2D eigenvalue weighted by atomic mass is 10.1.